The molecule has 0 atom stereocenters. The van der Waals surface area contributed by atoms with E-state index in [2.05, 4.69) is 0 Å². The zero-order chi connectivity index (χ0) is 24.7. The first-order valence-corrected chi connectivity index (χ1v) is 13.4. The van der Waals surface area contributed by atoms with Gasteiger partial charge >= 0.3 is 5.97 Å². The molecule has 1 N–H and O–H groups in total. The minimum atomic E-state index is -0.339. The molecule has 34 heavy (non-hydrogen) atoms. The first-order valence-electron chi connectivity index (χ1n) is 13.4. The molecule has 0 radical (unpaired) electrons. The summed E-state index contributed by atoms with van der Waals surface area (Å²) in [5.74, 6) is 0.119. The molecule has 1 rings (SSSR count). The Morgan fingerprint density at radius 2 is 1.21 bits per heavy atom. The van der Waals surface area contributed by atoms with E-state index >= 15 is 0 Å². The predicted molar refractivity (Wildman–Crippen MR) is 140 cm³/mol. The number of ether oxygens (including phenoxy) is 3. The lowest BCUT2D eigenvalue weighted by molar-refractivity contribution is -0.137. The number of rotatable bonds is 22. The normalized spacial score (nSPS) is 11.2. The average Bonchev–Trinajstić information content (AvgIpc) is 2.85. The fraction of sp³-hybridized carbons (Fsp3) is 0.690. The maximum absolute atomic E-state index is 11.8. The van der Waals surface area contributed by atoms with Crippen molar-refractivity contribution < 1.29 is 24.1 Å². The molecule has 0 aliphatic rings. The summed E-state index contributed by atoms with van der Waals surface area (Å²) in [4.78, 5) is 11.8. The highest BCUT2D eigenvalue weighted by Crippen LogP contribution is 2.26. The van der Waals surface area contributed by atoms with Gasteiger partial charge < -0.3 is 19.3 Å². The number of hydrogen-bond donors (Lipinski definition) is 1. The van der Waals surface area contributed by atoms with Gasteiger partial charge in [-0.05, 0) is 36.6 Å². The maximum Gasteiger partial charge on any atom is 0.330 e. The van der Waals surface area contributed by atoms with Gasteiger partial charge in [0, 0.05) is 19.8 Å². The quantitative estimate of drug-likeness (QED) is 0.105. The Morgan fingerprint density at radius 1 is 0.735 bits per heavy atom. The molecule has 1 aromatic rings. The highest BCUT2D eigenvalue weighted by Gasteiger charge is 2.02. The van der Waals surface area contributed by atoms with Crippen molar-refractivity contribution in [3.63, 3.8) is 0 Å². The largest absolute Gasteiger partial charge is 0.504 e. The van der Waals surface area contributed by atoms with Crippen LogP contribution in [0, 0.1) is 0 Å². The lowest BCUT2D eigenvalue weighted by Crippen LogP contribution is -2.02. The van der Waals surface area contributed by atoms with Gasteiger partial charge in [-0.1, -0.05) is 96.0 Å². The van der Waals surface area contributed by atoms with Crippen LogP contribution in [-0.4, -0.2) is 38.5 Å². The van der Waals surface area contributed by atoms with Gasteiger partial charge in [-0.15, -0.1) is 0 Å². The van der Waals surface area contributed by atoms with E-state index < -0.39 is 0 Å². The van der Waals surface area contributed by atoms with E-state index in [9.17, 15) is 9.90 Å². The predicted octanol–water partition coefficient (Wildman–Crippen LogP) is 7.85. The van der Waals surface area contributed by atoms with E-state index in [1.165, 1.54) is 103 Å². The summed E-state index contributed by atoms with van der Waals surface area (Å²) >= 11 is 0. The van der Waals surface area contributed by atoms with Gasteiger partial charge in [0.05, 0.1) is 13.7 Å². The third-order valence-electron chi connectivity index (χ3n) is 6.10. The highest BCUT2D eigenvalue weighted by molar-refractivity contribution is 5.87. The molecule has 5 nitrogen and oxygen atoms in total. The van der Waals surface area contributed by atoms with Gasteiger partial charge in [-0.2, -0.15) is 0 Å². The Morgan fingerprint density at radius 3 is 1.68 bits per heavy atom. The van der Waals surface area contributed by atoms with Gasteiger partial charge in [-0.3, -0.25) is 0 Å². The van der Waals surface area contributed by atoms with Crippen LogP contribution in [0.3, 0.4) is 0 Å². The Kier molecular flexibility index (Phi) is 19.0. The maximum atomic E-state index is 11.8. The van der Waals surface area contributed by atoms with E-state index in [0.29, 0.717) is 12.4 Å². The second-order valence-corrected chi connectivity index (χ2v) is 9.08. The number of unbranched alkanes of at least 4 members (excludes halogenated alkanes) is 15. The van der Waals surface area contributed by atoms with Crippen LogP contribution in [0.2, 0.25) is 0 Å². The monoisotopic (exact) mass is 476 g/mol. The van der Waals surface area contributed by atoms with Crippen molar-refractivity contribution in [2.75, 3.05) is 27.4 Å². The van der Waals surface area contributed by atoms with Gasteiger partial charge in [0.2, 0.25) is 0 Å². The summed E-state index contributed by atoms with van der Waals surface area (Å²) in [7, 11) is 3.27. The first-order chi connectivity index (χ1) is 16.7. The molecular weight excluding hydrogens is 428 g/mol. The van der Waals surface area contributed by atoms with E-state index in [0.717, 1.165) is 25.0 Å². The molecule has 0 heterocycles. The summed E-state index contributed by atoms with van der Waals surface area (Å²) in [6.07, 6.45) is 23.9. The topological polar surface area (TPSA) is 65.0 Å². The molecule has 0 fully saturated rings. The Hall–Kier alpha value is -2.01. The number of carbonyl (C=O) groups excluding carboxylic acids is 1. The van der Waals surface area contributed by atoms with Crippen LogP contribution in [0.15, 0.2) is 24.3 Å². The number of benzene rings is 1. The molecule has 0 aromatic heterocycles. The molecule has 194 valence electrons. The number of hydrogen-bond acceptors (Lipinski definition) is 5. The molecule has 1 aromatic carbocycles. The SMILES string of the molecule is COCCCCCCCCCCCCCCCCCCOC(=O)/C=C/c1ccc(O)c(OC)c1. The van der Waals surface area contributed by atoms with Crippen molar-refractivity contribution in [3.05, 3.63) is 29.8 Å². The van der Waals surface area contributed by atoms with Crippen molar-refractivity contribution >= 4 is 12.0 Å². The number of carbonyl (C=O) groups is 1. The number of phenolic OH excluding ortho intramolecular Hbond substituents is 1. The van der Waals surface area contributed by atoms with E-state index in [-0.39, 0.29) is 11.7 Å². The lowest BCUT2D eigenvalue weighted by atomic mass is 10.0. The second-order valence-electron chi connectivity index (χ2n) is 9.08. The first kappa shape index (κ1) is 30.0. The molecular formula is C29H48O5. The molecule has 0 amide bonds. The van der Waals surface area contributed by atoms with Gasteiger partial charge in [-0.25, -0.2) is 4.79 Å². The molecule has 5 heteroatoms. The molecule has 0 saturated heterocycles. The summed E-state index contributed by atoms with van der Waals surface area (Å²) < 4.78 is 15.4. The van der Waals surface area contributed by atoms with Crippen molar-refractivity contribution in [1.82, 2.24) is 0 Å². The van der Waals surface area contributed by atoms with Crippen LogP contribution in [-0.2, 0) is 14.3 Å². The van der Waals surface area contributed by atoms with Crippen LogP contribution in [0.1, 0.15) is 108 Å². The van der Waals surface area contributed by atoms with E-state index in [4.69, 9.17) is 14.2 Å². The van der Waals surface area contributed by atoms with Gasteiger partial charge in [0.1, 0.15) is 0 Å². The van der Waals surface area contributed by atoms with Crippen LogP contribution < -0.4 is 4.74 Å². The van der Waals surface area contributed by atoms with Crippen molar-refractivity contribution in [3.8, 4) is 11.5 Å². The minimum absolute atomic E-state index is 0.0772. The molecule has 0 aliphatic heterocycles. The fourth-order valence-electron chi connectivity index (χ4n) is 4.01. The summed E-state index contributed by atoms with van der Waals surface area (Å²) in [6, 6.07) is 4.93. The summed E-state index contributed by atoms with van der Waals surface area (Å²) in [5.41, 5.74) is 0.774. The molecule has 0 bridgehead atoms. The zero-order valence-electron chi connectivity index (χ0n) is 21.7. The third-order valence-corrected chi connectivity index (χ3v) is 6.10. The summed E-state index contributed by atoms with van der Waals surface area (Å²) in [6.45, 7) is 1.38. The number of phenols is 1. The molecule has 0 unspecified atom stereocenters. The third kappa shape index (κ3) is 16.6. The number of esters is 1. The highest BCUT2D eigenvalue weighted by atomic mass is 16.5. The molecule has 0 saturated carbocycles. The minimum Gasteiger partial charge on any atom is -0.504 e. The molecule has 0 spiro atoms. The summed E-state index contributed by atoms with van der Waals surface area (Å²) in [5, 5.41) is 9.60. The van der Waals surface area contributed by atoms with Crippen molar-refractivity contribution in [2.45, 2.75) is 103 Å². The van der Waals surface area contributed by atoms with Crippen LogP contribution >= 0.6 is 0 Å². The Balaban J connectivity index is 1.85. The standard InChI is InChI=1S/C29H48O5/c1-32-23-17-15-13-11-9-7-5-3-4-6-8-10-12-14-16-18-24-34-29(31)22-20-26-19-21-27(30)28(25-26)33-2/h19-22,25,30H,3-18,23-24H2,1-2H3/b22-20+. The molecule has 0 aliphatic carbocycles. The van der Waals surface area contributed by atoms with Crippen molar-refractivity contribution in [2.24, 2.45) is 0 Å². The fourth-order valence-corrected chi connectivity index (χ4v) is 4.01. The van der Waals surface area contributed by atoms with Crippen LogP contribution in [0.4, 0.5) is 0 Å². The Labute approximate surface area is 207 Å². The van der Waals surface area contributed by atoms with E-state index in [1.54, 1.807) is 31.4 Å². The number of methoxy groups -OCH3 is 2. The number of aromatic hydroxyl groups is 1. The Bertz CT molecular complexity index is 656. The van der Waals surface area contributed by atoms with E-state index in [1.807, 2.05) is 0 Å². The van der Waals surface area contributed by atoms with Crippen molar-refractivity contribution in [1.29, 1.82) is 0 Å². The van der Waals surface area contributed by atoms with Crippen LogP contribution in [0.25, 0.3) is 6.08 Å². The van der Waals surface area contributed by atoms with Gasteiger partial charge in [0.15, 0.2) is 11.5 Å². The zero-order valence-corrected chi connectivity index (χ0v) is 21.7. The second kappa shape index (κ2) is 21.5. The van der Waals surface area contributed by atoms with Gasteiger partial charge in [0.25, 0.3) is 0 Å². The lowest BCUT2D eigenvalue weighted by Gasteiger charge is -2.05. The average molecular weight is 477 g/mol. The van der Waals surface area contributed by atoms with Crippen LogP contribution in [0.5, 0.6) is 11.5 Å². The smallest absolute Gasteiger partial charge is 0.330 e.